The molecule has 0 N–H and O–H groups in total. The highest BCUT2D eigenvalue weighted by Gasteiger charge is 2.22. The number of carbonyl (C=O) groups is 1. The second kappa shape index (κ2) is 8.71. The van der Waals surface area contributed by atoms with E-state index in [0.29, 0.717) is 11.3 Å². The van der Waals surface area contributed by atoms with Crippen LogP contribution >= 0.6 is 15.9 Å². The number of sulfone groups is 1. The Labute approximate surface area is 173 Å². The van der Waals surface area contributed by atoms with Gasteiger partial charge in [-0.15, -0.1) is 0 Å². The van der Waals surface area contributed by atoms with Crippen LogP contribution in [0.15, 0.2) is 83.3 Å². The number of carbonyl (C=O) groups excluding carboxylic acids is 1. The maximum Gasteiger partial charge on any atom is 0.241 e. The van der Waals surface area contributed by atoms with Crippen molar-refractivity contribution in [3.63, 3.8) is 0 Å². The second-order valence-corrected chi connectivity index (χ2v) is 9.48. The van der Waals surface area contributed by atoms with Crippen molar-refractivity contribution in [1.82, 2.24) is 0 Å². The van der Waals surface area contributed by atoms with Crippen LogP contribution in [0.5, 0.6) is 0 Å². The number of para-hydroxylation sites is 1. The smallest absolute Gasteiger partial charge is 0.241 e. The lowest BCUT2D eigenvalue weighted by Crippen LogP contribution is -2.33. The minimum Gasteiger partial charge on any atom is -0.314 e. The maximum atomic E-state index is 12.7. The molecule has 0 atom stereocenters. The molecule has 0 heterocycles. The Kier molecular flexibility index (Phi) is 6.31. The highest BCUT2D eigenvalue weighted by atomic mass is 79.9. The standard InChI is InChI=1S/C22H20BrNO3S/c1-24(21-13-6-5-12-20(21)18-9-3-2-4-10-18)22(25)16-28(26,27)15-17-8-7-11-19(23)14-17/h2-14H,15-16H2,1H3. The van der Waals surface area contributed by atoms with E-state index in [1.54, 1.807) is 25.2 Å². The van der Waals surface area contributed by atoms with E-state index in [1.807, 2.05) is 60.7 Å². The van der Waals surface area contributed by atoms with Gasteiger partial charge in [0.15, 0.2) is 9.84 Å². The molecule has 4 nitrogen and oxygen atoms in total. The third kappa shape index (κ3) is 5.09. The van der Waals surface area contributed by atoms with Gasteiger partial charge in [0.05, 0.1) is 11.4 Å². The summed E-state index contributed by atoms with van der Waals surface area (Å²) in [5.74, 6) is -1.18. The van der Waals surface area contributed by atoms with Crippen LogP contribution in [-0.2, 0) is 20.4 Å². The maximum absolute atomic E-state index is 12.7. The van der Waals surface area contributed by atoms with Gasteiger partial charge in [-0.25, -0.2) is 8.42 Å². The molecule has 0 unspecified atom stereocenters. The second-order valence-electron chi connectivity index (χ2n) is 6.50. The molecule has 3 rings (SSSR count). The Morgan fingerprint density at radius 3 is 2.32 bits per heavy atom. The summed E-state index contributed by atoms with van der Waals surface area (Å²) in [5, 5.41) is 0. The van der Waals surface area contributed by atoms with E-state index in [0.717, 1.165) is 15.6 Å². The number of hydrogen-bond acceptors (Lipinski definition) is 3. The number of hydrogen-bond donors (Lipinski definition) is 0. The van der Waals surface area contributed by atoms with Crippen LogP contribution in [0, 0.1) is 0 Å². The monoisotopic (exact) mass is 457 g/mol. The first kappa shape index (κ1) is 20.3. The first-order valence-corrected chi connectivity index (χ1v) is 11.3. The lowest BCUT2D eigenvalue weighted by atomic mass is 10.0. The van der Waals surface area contributed by atoms with Gasteiger partial charge in [0.2, 0.25) is 5.91 Å². The molecule has 0 aliphatic heterocycles. The number of nitrogens with zero attached hydrogens (tertiary/aromatic N) is 1. The number of halogens is 1. The number of rotatable bonds is 6. The van der Waals surface area contributed by atoms with E-state index < -0.39 is 21.5 Å². The zero-order valence-electron chi connectivity index (χ0n) is 15.4. The molecule has 144 valence electrons. The minimum atomic E-state index is -3.59. The molecule has 1 amide bonds. The van der Waals surface area contributed by atoms with Crippen LogP contribution in [0.2, 0.25) is 0 Å². The fourth-order valence-corrected chi connectivity index (χ4v) is 4.78. The Morgan fingerprint density at radius 1 is 0.929 bits per heavy atom. The molecule has 0 spiro atoms. The largest absolute Gasteiger partial charge is 0.314 e. The molecule has 0 aliphatic carbocycles. The molecule has 28 heavy (non-hydrogen) atoms. The van der Waals surface area contributed by atoms with Crippen LogP contribution < -0.4 is 4.90 Å². The Balaban J connectivity index is 1.80. The van der Waals surface area contributed by atoms with Crippen LogP contribution in [0.3, 0.4) is 0 Å². The zero-order chi connectivity index (χ0) is 20.1. The topological polar surface area (TPSA) is 54.5 Å². The number of benzene rings is 3. The molecule has 3 aromatic rings. The summed E-state index contributed by atoms with van der Waals surface area (Å²) in [4.78, 5) is 14.2. The number of amides is 1. The first-order valence-electron chi connectivity index (χ1n) is 8.71. The average molecular weight is 458 g/mol. The molecule has 0 saturated carbocycles. The van der Waals surface area contributed by atoms with E-state index in [-0.39, 0.29) is 5.75 Å². The summed E-state index contributed by atoms with van der Waals surface area (Å²) >= 11 is 3.33. The summed E-state index contributed by atoms with van der Waals surface area (Å²) in [6, 6.07) is 24.3. The van der Waals surface area contributed by atoms with Gasteiger partial charge in [0.25, 0.3) is 0 Å². The van der Waals surface area contributed by atoms with Crippen molar-refractivity contribution in [1.29, 1.82) is 0 Å². The van der Waals surface area contributed by atoms with Gasteiger partial charge in [-0.2, -0.15) is 0 Å². The van der Waals surface area contributed by atoms with E-state index >= 15 is 0 Å². The van der Waals surface area contributed by atoms with E-state index in [1.165, 1.54) is 4.90 Å². The molecule has 0 aromatic heterocycles. The molecular weight excluding hydrogens is 438 g/mol. The van der Waals surface area contributed by atoms with E-state index in [9.17, 15) is 13.2 Å². The normalized spacial score (nSPS) is 11.2. The van der Waals surface area contributed by atoms with Gasteiger partial charge < -0.3 is 4.90 Å². The minimum absolute atomic E-state index is 0.174. The molecule has 0 saturated heterocycles. The van der Waals surface area contributed by atoms with Crippen molar-refractivity contribution < 1.29 is 13.2 Å². The summed E-state index contributed by atoms with van der Waals surface area (Å²) in [6.07, 6.45) is 0. The summed E-state index contributed by atoms with van der Waals surface area (Å²) in [6.45, 7) is 0. The van der Waals surface area contributed by atoms with Crippen molar-refractivity contribution >= 4 is 37.4 Å². The Morgan fingerprint density at radius 2 is 1.61 bits per heavy atom. The average Bonchev–Trinajstić information content (AvgIpc) is 2.67. The Bertz CT molecular complexity index is 1080. The number of anilines is 1. The van der Waals surface area contributed by atoms with Gasteiger partial charge in [0, 0.05) is 17.1 Å². The molecular formula is C22H20BrNO3S. The van der Waals surface area contributed by atoms with Gasteiger partial charge in [-0.3, -0.25) is 4.79 Å². The van der Waals surface area contributed by atoms with Crippen molar-refractivity contribution in [3.8, 4) is 11.1 Å². The predicted molar refractivity (Wildman–Crippen MR) is 117 cm³/mol. The van der Waals surface area contributed by atoms with Crippen LogP contribution in [0.1, 0.15) is 5.56 Å². The molecule has 0 aliphatic rings. The summed E-state index contributed by atoms with van der Waals surface area (Å²) in [5.41, 5.74) is 3.17. The van der Waals surface area contributed by atoms with Crippen molar-refractivity contribution in [2.24, 2.45) is 0 Å². The van der Waals surface area contributed by atoms with Crippen molar-refractivity contribution in [2.75, 3.05) is 17.7 Å². The SMILES string of the molecule is CN(C(=O)CS(=O)(=O)Cc1cccc(Br)c1)c1ccccc1-c1ccccc1. The molecule has 6 heteroatoms. The van der Waals surface area contributed by atoms with Gasteiger partial charge in [-0.05, 0) is 29.3 Å². The highest BCUT2D eigenvalue weighted by molar-refractivity contribution is 9.10. The zero-order valence-corrected chi connectivity index (χ0v) is 17.8. The van der Waals surface area contributed by atoms with Crippen LogP contribution in [0.25, 0.3) is 11.1 Å². The molecule has 0 fully saturated rings. The lowest BCUT2D eigenvalue weighted by molar-refractivity contribution is -0.115. The fourth-order valence-electron chi connectivity index (χ4n) is 2.98. The fraction of sp³-hybridized carbons (Fsp3) is 0.136. The van der Waals surface area contributed by atoms with Gasteiger partial charge in [0.1, 0.15) is 5.75 Å². The van der Waals surface area contributed by atoms with Crippen LogP contribution in [0.4, 0.5) is 5.69 Å². The van der Waals surface area contributed by atoms with E-state index in [4.69, 9.17) is 0 Å². The lowest BCUT2D eigenvalue weighted by Gasteiger charge is -2.21. The van der Waals surface area contributed by atoms with Gasteiger partial charge in [-0.1, -0.05) is 76.6 Å². The quantitative estimate of drug-likeness (QED) is 0.539. The van der Waals surface area contributed by atoms with Crippen LogP contribution in [-0.4, -0.2) is 27.1 Å². The predicted octanol–water partition coefficient (Wildman–Crippen LogP) is 4.69. The summed E-state index contributed by atoms with van der Waals surface area (Å²) in [7, 11) is -1.98. The molecule has 3 aromatic carbocycles. The third-order valence-corrected chi connectivity index (χ3v) is 6.30. The van der Waals surface area contributed by atoms with E-state index in [2.05, 4.69) is 15.9 Å². The van der Waals surface area contributed by atoms with Crippen molar-refractivity contribution in [3.05, 3.63) is 88.9 Å². The third-order valence-electron chi connectivity index (χ3n) is 4.34. The molecule has 0 bridgehead atoms. The summed E-state index contributed by atoms with van der Waals surface area (Å²) < 4.78 is 25.9. The first-order chi connectivity index (χ1) is 13.4. The van der Waals surface area contributed by atoms with Gasteiger partial charge >= 0.3 is 0 Å². The Hall–Kier alpha value is -2.44. The highest BCUT2D eigenvalue weighted by Crippen LogP contribution is 2.30. The van der Waals surface area contributed by atoms with Crippen molar-refractivity contribution in [2.45, 2.75) is 5.75 Å². The molecule has 0 radical (unpaired) electrons.